The standard InChI is InChI=1S/C22H24N6O8S2/c1-21(2,19(33)34)36-26-12(11-8-37-20(23)24-11)15(29)25-13-16(30)28-14(18(31)32)22(35,10-38-17(13)28)9-27-6-4-3-5-7-27/h3-8,13-14,17,35H,9-10H2,1-2H3,(H4-,23,24,25,29,31,32,33,34)/p+1/b26-12-/t13-,14?,17-,22?/m1/s1. The number of thioether (sulfide) groups is 1. The molecule has 16 heteroatoms. The van der Waals surface area contributed by atoms with Crippen molar-refractivity contribution in [2.75, 3.05) is 11.5 Å². The van der Waals surface area contributed by atoms with E-state index in [0.717, 1.165) is 28.0 Å². The number of amides is 2. The van der Waals surface area contributed by atoms with Gasteiger partial charge in [0.2, 0.25) is 11.5 Å². The van der Waals surface area contributed by atoms with Crippen molar-refractivity contribution in [3.63, 3.8) is 0 Å². The minimum Gasteiger partial charge on any atom is -0.480 e. The number of fused-ring (bicyclic) bond motifs is 1. The lowest BCUT2D eigenvalue weighted by atomic mass is 9.89. The number of aliphatic carboxylic acids is 2. The largest absolute Gasteiger partial charge is 0.480 e. The van der Waals surface area contributed by atoms with Crippen LogP contribution in [-0.4, -0.2) is 89.1 Å². The van der Waals surface area contributed by atoms with Crippen molar-refractivity contribution in [3.05, 3.63) is 41.7 Å². The van der Waals surface area contributed by atoms with E-state index in [1.54, 1.807) is 35.2 Å². The number of hydrogen-bond donors (Lipinski definition) is 5. The Morgan fingerprint density at radius 3 is 2.58 bits per heavy atom. The zero-order chi connectivity index (χ0) is 27.8. The Kier molecular flexibility index (Phi) is 7.31. The Labute approximate surface area is 224 Å². The Balaban J connectivity index is 1.54. The van der Waals surface area contributed by atoms with Gasteiger partial charge in [-0.15, -0.1) is 23.1 Å². The molecule has 0 bridgehead atoms. The van der Waals surface area contributed by atoms with E-state index in [0.29, 0.717) is 0 Å². The highest BCUT2D eigenvalue weighted by atomic mass is 32.2. The third-order valence-electron chi connectivity index (χ3n) is 5.99. The molecule has 14 nitrogen and oxygen atoms in total. The fraction of sp³-hybridized carbons (Fsp3) is 0.409. The Morgan fingerprint density at radius 2 is 2.00 bits per heavy atom. The van der Waals surface area contributed by atoms with Crippen LogP contribution >= 0.6 is 23.1 Å². The monoisotopic (exact) mass is 565 g/mol. The molecule has 0 aliphatic carbocycles. The number of nitrogens with two attached hydrogens (primary N) is 1. The summed E-state index contributed by atoms with van der Waals surface area (Å²) >= 11 is 2.14. The molecule has 4 atom stereocenters. The topological polar surface area (TPSA) is 209 Å². The molecular weight excluding hydrogens is 540 g/mol. The van der Waals surface area contributed by atoms with Gasteiger partial charge in [-0.3, -0.25) is 9.59 Å². The van der Waals surface area contributed by atoms with Crippen molar-refractivity contribution >= 4 is 57.7 Å². The minimum atomic E-state index is -1.77. The number of carbonyl (C=O) groups excluding carboxylic acids is 2. The first-order chi connectivity index (χ1) is 17.8. The number of nitrogen functional groups attached to an aromatic ring is 1. The number of nitrogens with one attached hydrogen (secondary N) is 1. The summed E-state index contributed by atoms with van der Waals surface area (Å²) in [6.45, 7) is 2.40. The first-order valence-corrected chi connectivity index (χ1v) is 13.1. The maximum Gasteiger partial charge on any atom is 0.350 e. The average molecular weight is 566 g/mol. The molecule has 6 N–H and O–H groups in total. The maximum absolute atomic E-state index is 13.2. The van der Waals surface area contributed by atoms with Gasteiger partial charge in [-0.2, -0.15) is 0 Å². The number of carbonyl (C=O) groups is 4. The first kappa shape index (κ1) is 27.3. The van der Waals surface area contributed by atoms with Crippen LogP contribution in [0, 0.1) is 0 Å². The molecule has 2 aromatic rings. The molecular formula is C22H25N6O8S2+. The molecule has 2 unspecified atom stereocenters. The highest BCUT2D eigenvalue weighted by Crippen LogP contribution is 2.42. The van der Waals surface area contributed by atoms with Crippen LogP contribution < -0.4 is 15.6 Å². The number of β-lactam (4-membered cyclic amide) rings is 1. The molecule has 2 aromatic heterocycles. The Bertz CT molecular complexity index is 1300. The van der Waals surface area contributed by atoms with Crippen molar-refractivity contribution in [1.29, 1.82) is 0 Å². The fourth-order valence-electron chi connectivity index (χ4n) is 3.98. The summed E-state index contributed by atoms with van der Waals surface area (Å²) < 4.78 is 1.63. The van der Waals surface area contributed by atoms with E-state index >= 15 is 0 Å². The van der Waals surface area contributed by atoms with E-state index in [1.807, 2.05) is 0 Å². The van der Waals surface area contributed by atoms with Gasteiger partial charge in [0.15, 0.2) is 41.4 Å². The molecule has 0 spiro atoms. The predicted octanol–water partition coefficient (Wildman–Crippen LogP) is -1.12. The summed E-state index contributed by atoms with van der Waals surface area (Å²) in [5.74, 6) is -4.34. The normalized spacial score (nSPS) is 25.2. The van der Waals surface area contributed by atoms with E-state index in [1.165, 1.54) is 19.2 Å². The van der Waals surface area contributed by atoms with Gasteiger partial charge in [-0.1, -0.05) is 11.2 Å². The molecule has 2 fully saturated rings. The average Bonchev–Trinajstić information content (AvgIpc) is 3.28. The first-order valence-electron chi connectivity index (χ1n) is 11.2. The van der Waals surface area contributed by atoms with E-state index in [2.05, 4.69) is 15.5 Å². The van der Waals surface area contributed by atoms with Crippen molar-refractivity contribution in [1.82, 2.24) is 15.2 Å². The summed E-state index contributed by atoms with van der Waals surface area (Å²) in [5, 5.41) is 37.5. The second-order valence-electron chi connectivity index (χ2n) is 9.21. The number of carboxylic acids is 2. The summed E-state index contributed by atoms with van der Waals surface area (Å²) in [6.07, 6.45) is 3.35. The number of carboxylic acid groups (broad SMARTS) is 2. The van der Waals surface area contributed by atoms with E-state index in [9.17, 15) is 34.5 Å². The number of hydrogen-bond acceptors (Lipinski definition) is 11. The number of pyridine rings is 1. The van der Waals surface area contributed by atoms with E-state index in [4.69, 9.17) is 10.6 Å². The molecule has 0 aromatic carbocycles. The molecule has 38 heavy (non-hydrogen) atoms. The molecule has 2 amide bonds. The molecule has 2 saturated heterocycles. The highest BCUT2D eigenvalue weighted by molar-refractivity contribution is 8.00. The van der Waals surface area contributed by atoms with Crippen molar-refractivity contribution in [2.24, 2.45) is 5.16 Å². The van der Waals surface area contributed by atoms with E-state index in [-0.39, 0.29) is 23.1 Å². The quantitative estimate of drug-likeness (QED) is 0.106. The van der Waals surface area contributed by atoms with Crippen molar-refractivity contribution in [3.8, 4) is 0 Å². The summed E-state index contributed by atoms with van der Waals surface area (Å²) in [4.78, 5) is 59.9. The van der Waals surface area contributed by atoms with Crippen LogP contribution in [0.5, 0.6) is 0 Å². The smallest absolute Gasteiger partial charge is 0.350 e. The van der Waals surface area contributed by atoms with Crippen LogP contribution in [0.3, 0.4) is 0 Å². The van der Waals surface area contributed by atoms with Gasteiger partial charge in [0.05, 0.1) is 0 Å². The Morgan fingerprint density at radius 1 is 1.32 bits per heavy atom. The van der Waals surface area contributed by atoms with Crippen LogP contribution in [0.1, 0.15) is 19.5 Å². The molecule has 4 rings (SSSR count). The second kappa shape index (κ2) is 10.2. The van der Waals surface area contributed by atoms with Gasteiger partial charge in [-0.05, 0) is 13.8 Å². The van der Waals surface area contributed by atoms with Crippen molar-refractivity contribution in [2.45, 2.75) is 49.1 Å². The number of anilines is 1. The van der Waals surface area contributed by atoms with Crippen LogP contribution in [0.2, 0.25) is 0 Å². The van der Waals surface area contributed by atoms with Gasteiger partial charge in [-0.25, -0.2) is 19.1 Å². The number of thiazole rings is 1. The van der Waals surface area contributed by atoms with Gasteiger partial charge < -0.3 is 36.1 Å². The molecule has 2 aliphatic heterocycles. The number of nitrogens with zero attached hydrogens (tertiary/aromatic N) is 4. The lowest BCUT2D eigenvalue weighted by molar-refractivity contribution is -0.710. The zero-order valence-corrected chi connectivity index (χ0v) is 21.8. The second-order valence-corrected chi connectivity index (χ2v) is 11.2. The van der Waals surface area contributed by atoms with Gasteiger partial charge in [0.1, 0.15) is 17.1 Å². The lowest BCUT2D eigenvalue weighted by Gasteiger charge is -2.55. The van der Waals surface area contributed by atoms with Crippen LogP contribution in [0.25, 0.3) is 0 Å². The molecule has 202 valence electrons. The summed E-state index contributed by atoms with van der Waals surface area (Å²) in [7, 11) is 0. The maximum atomic E-state index is 13.2. The number of aromatic nitrogens is 2. The molecule has 0 radical (unpaired) electrons. The van der Waals surface area contributed by atoms with Crippen LogP contribution in [0.15, 0.2) is 41.1 Å². The summed E-state index contributed by atoms with van der Waals surface area (Å²) in [6, 6.07) is 2.56. The highest BCUT2D eigenvalue weighted by Gasteiger charge is 2.64. The third-order valence-corrected chi connectivity index (χ3v) is 8.17. The molecule has 2 aliphatic rings. The molecule has 4 heterocycles. The minimum absolute atomic E-state index is 0.00351. The third kappa shape index (κ3) is 5.14. The van der Waals surface area contributed by atoms with Gasteiger partial charge in [0.25, 0.3) is 5.91 Å². The van der Waals surface area contributed by atoms with Crippen molar-refractivity contribution < 1.29 is 43.9 Å². The van der Waals surface area contributed by atoms with Crippen LogP contribution in [0.4, 0.5) is 5.13 Å². The number of rotatable bonds is 9. The zero-order valence-electron chi connectivity index (χ0n) is 20.2. The summed E-state index contributed by atoms with van der Waals surface area (Å²) in [5.41, 5.74) is 1.71. The Hall–Kier alpha value is -3.76. The van der Waals surface area contributed by atoms with Gasteiger partial charge in [0, 0.05) is 23.3 Å². The van der Waals surface area contributed by atoms with E-state index < -0.39 is 58.1 Å². The number of aliphatic hydroxyl groups is 1. The number of oxime groups is 1. The fourth-order valence-corrected chi connectivity index (χ4v) is 6.00. The molecule has 0 saturated carbocycles. The lowest BCUT2D eigenvalue weighted by Crippen LogP contribution is -2.80. The van der Waals surface area contributed by atoms with Crippen LogP contribution in [-0.2, 0) is 30.6 Å². The van der Waals surface area contributed by atoms with Gasteiger partial charge >= 0.3 is 11.9 Å². The predicted molar refractivity (Wildman–Crippen MR) is 134 cm³/mol. The SMILES string of the molecule is CC(C)(O/N=C(\C(=O)N[C@@H]1C(=O)N2C(C(=O)O)C(O)(C[n+]3ccccc3)CS[C@H]12)c1csc(N)n1)C(=O)O.